The quantitative estimate of drug-likeness (QED) is 0.802. The Labute approximate surface area is 127 Å². The van der Waals surface area contributed by atoms with Crippen molar-refractivity contribution in [2.24, 2.45) is 0 Å². The zero-order valence-corrected chi connectivity index (χ0v) is 13.1. The van der Waals surface area contributed by atoms with Crippen LogP contribution >= 0.6 is 0 Å². The molecule has 3 heterocycles. The molecule has 0 aromatic carbocycles. The number of piperidine rings is 1. The summed E-state index contributed by atoms with van der Waals surface area (Å²) >= 11 is 0. The maximum absolute atomic E-state index is 5.19. The van der Waals surface area contributed by atoms with Crippen LogP contribution in [0.3, 0.4) is 0 Å². The summed E-state index contributed by atoms with van der Waals surface area (Å²) in [5.74, 6) is 2.31. The third-order valence-electron chi connectivity index (χ3n) is 4.62. The monoisotopic (exact) mass is 293 g/mol. The smallest absolute Gasteiger partial charge is 0.147 e. The number of aromatic nitrogens is 3. The lowest BCUT2D eigenvalue weighted by molar-refractivity contribution is 0.148. The van der Waals surface area contributed by atoms with Crippen molar-refractivity contribution in [3.05, 3.63) is 11.6 Å². The van der Waals surface area contributed by atoms with Crippen LogP contribution in [-0.4, -0.2) is 71.0 Å². The SMILES string of the molecule is COCCN1CCc2nnc(CN3CCCCC3)n2CC1. The highest BCUT2D eigenvalue weighted by atomic mass is 16.5. The number of fused-ring (bicyclic) bond motifs is 1. The van der Waals surface area contributed by atoms with E-state index in [-0.39, 0.29) is 0 Å². The van der Waals surface area contributed by atoms with E-state index in [9.17, 15) is 0 Å². The summed E-state index contributed by atoms with van der Waals surface area (Å²) in [4.78, 5) is 4.98. The molecule has 0 spiro atoms. The lowest BCUT2D eigenvalue weighted by Gasteiger charge is -2.26. The van der Waals surface area contributed by atoms with E-state index in [1.807, 2.05) is 0 Å². The van der Waals surface area contributed by atoms with E-state index in [1.165, 1.54) is 32.4 Å². The van der Waals surface area contributed by atoms with Gasteiger partial charge in [0.1, 0.15) is 11.6 Å². The van der Waals surface area contributed by atoms with Crippen molar-refractivity contribution in [1.82, 2.24) is 24.6 Å². The molecule has 0 aliphatic carbocycles. The maximum atomic E-state index is 5.19. The number of ether oxygens (including phenoxy) is 1. The lowest BCUT2D eigenvalue weighted by atomic mass is 10.1. The average Bonchev–Trinajstić information content (AvgIpc) is 2.78. The molecule has 2 aliphatic rings. The Balaban J connectivity index is 1.60. The summed E-state index contributed by atoms with van der Waals surface area (Å²) in [6.45, 7) is 8.34. The Bertz CT molecular complexity index is 441. The minimum atomic E-state index is 0.807. The van der Waals surface area contributed by atoms with Gasteiger partial charge in [-0.15, -0.1) is 10.2 Å². The van der Waals surface area contributed by atoms with Crippen molar-refractivity contribution in [1.29, 1.82) is 0 Å². The number of hydrogen-bond acceptors (Lipinski definition) is 5. The Morgan fingerprint density at radius 2 is 1.81 bits per heavy atom. The molecule has 6 heteroatoms. The first-order valence-corrected chi connectivity index (χ1v) is 8.21. The van der Waals surface area contributed by atoms with E-state index < -0.39 is 0 Å². The molecule has 1 aromatic rings. The van der Waals surface area contributed by atoms with Gasteiger partial charge in [0.15, 0.2) is 0 Å². The number of likely N-dealkylation sites (tertiary alicyclic amines) is 1. The van der Waals surface area contributed by atoms with Crippen LogP contribution in [0.15, 0.2) is 0 Å². The number of nitrogens with zero attached hydrogens (tertiary/aromatic N) is 5. The van der Waals surface area contributed by atoms with Gasteiger partial charge >= 0.3 is 0 Å². The molecule has 0 atom stereocenters. The fourth-order valence-corrected chi connectivity index (χ4v) is 3.31. The first-order valence-electron chi connectivity index (χ1n) is 8.21. The van der Waals surface area contributed by atoms with Gasteiger partial charge in [-0.2, -0.15) is 0 Å². The molecule has 6 nitrogen and oxygen atoms in total. The van der Waals surface area contributed by atoms with Crippen LogP contribution in [0.25, 0.3) is 0 Å². The van der Waals surface area contributed by atoms with E-state index >= 15 is 0 Å². The predicted octanol–water partition coefficient (Wildman–Crippen LogP) is 0.769. The van der Waals surface area contributed by atoms with Gasteiger partial charge in [0, 0.05) is 39.7 Å². The van der Waals surface area contributed by atoms with Gasteiger partial charge < -0.3 is 9.30 Å². The second kappa shape index (κ2) is 7.33. The Hall–Kier alpha value is -0.980. The third-order valence-corrected chi connectivity index (χ3v) is 4.62. The van der Waals surface area contributed by atoms with Gasteiger partial charge in [0.05, 0.1) is 13.2 Å². The van der Waals surface area contributed by atoms with Crippen LogP contribution < -0.4 is 0 Å². The average molecular weight is 293 g/mol. The molecule has 0 amide bonds. The van der Waals surface area contributed by atoms with Crippen LogP contribution in [0.5, 0.6) is 0 Å². The molecule has 1 aromatic heterocycles. The standard InChI is InChI=1S/C15H27N5O/c1-21-12-11-18-8-5-14-16-17-15(20(14)10-9-18)13-19-6-3-2-4-7-19/h2-13H2,1H3. The molecule has 0 unspecified atom stereocenters. The maximum Gasteiger partial charge on any atom is 0.147 e. The molecule has 0 saturated carbocycles. The van der Waals surface area contributed by atoms with Crippen LogP contribution in [0, 0.1) is 0 Å². The zero-order chi connectivity index (χ0) is 14.5. The van der Waals surface area contributed by atoms with Crippen molar-refractivity contribution in [2.75, 3.05) is 46.4 Å². The van der Waals surface area contributed by atoms with Crippen LogP contribution in [-0.2, 0) is 24.2 Å². The normalized spacial score (nSPS) is 21.2. The summed E-state index contributed by atoms with van der Waals surface area (Å²) in [6, 6.07) is 0. The highest BCUT2D eigenvalue weighted by molar-refractivity contribution is 4.99. The first kappa shape index (κ1) is 14.9. The molecule has 2 aliphatic heterocycles. The van der Waals surface area contributed by atoms with Gasteiger partial charge in [-0.25, -0.2) is 0 Å². The number of hydrogen-bond donors (Lipinski definition) is 0. The Morgan fingerprint density at radius 3 is 2.62 bits per heavy atom. The number of rotatable bonds is 5. The molecule has 0 bridgehead atoms. The van der Waals surface area contributed by atoms with Crippen molar-refractivity contribution < 1.29 is 4.74 Å². The molecule has 1 fully saturated rings. The second-order valence-corrected chi connectivity index (χ2v) is 6.11. The molecule has 0 N–H and O–H groups in total. The number of methoxy groups -OCH3 is 1. The molecule has 21 heavy (non-hydrogen) atoms. The van der Waals surface area contributed by atoms with E-state index in [0.717, 1.165) is 57.4 Å². The van der Waals surface area contributed by atoms with E-state index in [4.69, 9.17) is 4.74 Å². The molecule has 3 rings (SSSR count). The topological polar surface area (TPSA) is 46.4 Å². The van der Waals surface area contributed by atoms with E-state index in [1.54, 1.807) is 7.11 Å². The summed E-state index contributed by atoms with van der Waals surface area (Å²) in [5.41, 5.74) is 0. The van der Waals surface area contributed by atoms with Gasteiger partial charge in [-0.3, -0.25) is 9.80 Å². The highest BCUT2D eigenvalue weighted by Crippen LogP contribution is 2.14. The van der Waals surface area contributed by atoms with Crippen LogP contribution in [0.2, 0.25) is 0 Å². The molecular formula is C15H27N5O. The lowest BCUT2D eigenvalue weighted by Crippen LogP contribution is -2.32. The van der Waals surface area contributed by atoms with Gasteiger partial charge in [0.25, 0.3) is 0 Å². The summed E-state index contributed by atoms with van der Waals surface area (Å²) < 4.78 is 7.53. The van der Waals surface area contributed by atoms with Gasteiger partial charge in [0.2, 0.25) is 0 Å². The summed E-state index contributed by atoms with van der Waals surface area (Å²) in [7, 11) is 1.77. The van der Waals surface area contributed by atoms with E-state index in [2.05, 4.69) is 24.6 Å². The van der Waals surface area contributed by atoms with Gasteiger partial charge in [-0.05, 0) is 25.9 Å². The molecule has 118 valence electrons. The Kier molecular flexibility index (Phi) is 5.22. The minimum absolute atomic E-state index is 0.807. The molecular weight excluding hydrogens is 266 g/mol. The van der Waals surface area contributed by atoms with Gasteiger partial charge in [-0.1, -0.05) is 6.42 Å². The predicted molar refractivity (Wildman–Crippen MR) is 81.2 cm³/mol. The Morgan fingerprint density at radius 1 is 0.952 bits per heavy atom. The van der Waals surface area contributed by atoms with Crippen LogP contribution in [0.4, 0.5) is 0 Å². The molecule has 1 saturated heterocycles. The first-order chi connectivity index (χ1) is 10.4. The largest absolute Gasteiger partial charge is 0.383 e. The summed E-state index contributed by atoms with van der Waals surface area (Å²) in [6.07, 6.45) is 5.02. The van der Waals surface area contributed by atoms with Crippen molar-refractivity contribution >= 4 is 0 Å². The minimum Gasteiger partial charge on any atom is -0.383 e. The highest BCUT2D eigenvalue weighted by Gasteiger charge is 2.20. The zero-order valence-electron chi connectivity index (χ0n) is 13.1. The van der Waals surface area contributed by atoms with Crippen molar-refractivity contribution in [3.8, 4) is 0 Å². The second-order valence-electron chi connectivity index (χ2n) is 6.11. The van der Waals surface area contributed by atoms with Crippen LogP contribution in [0.1, 0.15) is 30.9 Å². The van der Waals surface area contributed by atoms with E-state index in [0.29, 0.717) is 0 Å². The van der Waals surface area contributed by atoms with Crippen molar-refractivity contribution in [2.45, 2.75) is 38.8 Å². The fraction of sp³-hybridized carbons (Fsp3) is 0.867. The molecule has 0 radical (unpaired) electrons. The third kappa shape index (κ3) is 3.81. The fourth-order valence-electron chi connectivity index (χ4n) is 3.31. The summed E-state index contributed by atoms with van der Waals surface area (Å²) in [5, 5.41) is 8.87. The van der Waals surface area contributed by atoms with Crippen molar-refractivity contribution in [3.63, 3.8) is 0 Å².